The Morgan fingerprint density at radius 1 is 1.30 bits per heavy atom. The zero-order valence-electron chi connectivity index (χ0n) is 13.9. The van der Waals surface area contributed by atoms with E-state index in [1.54, 1.807) is 18.0 Å². The van der Waals surface area contributed by atoms with Crippen LogP contribution >= 0.6 is 0 Å². The molecule has 0 aliphatic carbocycles. The van der Waals surface area contributed by atoms with E-state index >= 15 is 0 Å². The van der Waals surface area contributed by atoms with Gasteiger partial charge >= 0.3 is 0 Å². The van der Waals surface area contributed by atoms with Gasteiger partial charge in [-0.25, -0.2) is 4.68 Å². The Hall–Kier alpha value is -2.30. The predicted molar refractivity (Wildman–Crippen MR) is 89.0 cm³/mol. The first kappa shape index (κ1) is 15.6. The molecular weight excluding hydrogens is 290 g/mol. The third-order valence-electron chi connectivity index (χ3n) is 4.45. The monoisotopic (exact) mass is 313 g/mol. The quantitative estimate of drug-likeness (QED) is 0.871. The Bertz CT molecular complexity index is 679. The molecule has 5 nitrogen and oxygen atoms in total. The fourth-order valence-electron chi connectivity index (χ4n) is 3.24. The maximum absolute atomic E-state index is 13.0. The normalized spacial score (nSPS) is 17.7. The number of hydrogen-bond acceptors (Lipinski definition) is 3. The number of carbonyl (C=O) groups is 1. The summed E-state index contributed by atoms with van der Waals surface area (Å²) in [6.45, 7) is 5.12. The van der Waals surface area contributed by atoms with E-state index in [0.717, 1.165) is 25.1 Å². The summed E-state index contributed by atoms with van der Waals surface area (Å²) < 4.78 is 7.09. The summed E-state index contributed by atoms with van der Waals surface area (Å²) in [5.74, 6) is 0.935. The van der Waals surface area contributed by atoms with Crippen molar-refractivity contribution in [3.63, 3.8) is 0 Å². The van der Waals surface area contributed by atoms with E-state index in [4.69, 9.17) is 4.74 Å². The molecule has 0 radical (unpaired) electrons. The second-order valence-corrected chi connectivity index (χ2v) is 6.28. The summed E-state index contributed by atoms with van der Waals surface area (Å²) in [6.07, 6.45) is 3.88. The Morgan fingerprint density at radius 2 is 2.04 bits per heavy atom. The number of amides is 1. The minimum Gasteiger partial charge on any atom is -0.493 e. The molecular formula is C18H23N3O2. The number of ether oxygens (including phenoxy) is 1. The first-order valence-electron chi connectivity index (χ1n) is 8.12. The predicted octanol–water partition coefficient (Wildman–Crippen LogP) is 3.14. The molecule has 0 bridgehead atoms. The molecule has 0 spiro atoms. The zero-order valence-corrected chi connectivity index (χ0v) is 13.9. The average molecular weight is 313 g/mol. The smallest absolute Gasteiger partial charge is 0.278 e. The summed E-state index contributed by atoms with van der Waals surface area (Å²) in [5, 5.41) is 4.49. The van der Waals surface area contributed by atoms with Gasteiger partial charge in [-0.2, -0.15) is 5.10 Å². The Labute approximate surface area is 136 Å². The van der Waals surface area contributed by atoms with Crippen molar-refractivity contribution in [3.8, 4) is 11.4 Å². The lowest BCUT2D eigenvalue weighted by Gasteiger charge is -2.27. The van der Waals surface area contributed by atoms with E-state index in [0.29, 0.717) is 17.4 Å². The molecule has 5 heteroatoms. The van der Waals surface area contributed by atoms with E-state index in [9.17, 15) is 4.79 Å². The summed E-state index contributed by atoms with van der Waals surface area (Å²) in [7, 11) is 1.58. The molecule has 1 amide bonds. The molecule has 122 valence electrons. The van der Waals surface area contributed by atoms with E-state index in [1.807, 2.05) is 35.2 Å². The zero-order chi connectivity index (χ0) is 16.4. The first-order chi connectivity index (χ1) is 11.1. The van der Waals surface area contributed by atoms with Crippen molar-refractivity contribution in [1.82, 2.24) is 14.7 Å². The van der Waals surface area contributed by atoms with Crippen LogP contribution in [0.5, 0.6) is 5.75 Å². The van der Waals surface area contributed by atoms with Crippen LogP contribution < -0.4 is 4.74 Å². The van der Waals surface area contributed by atoms with Crippen LogP contribution in [-0.4, -0.2) is 40.3 Å². The molecule has 2 aromatic rings. The highest BCUT2D eigenvalue weighted by atomic mass is 16.5. The summed E-state index contributed by atoms with van der Waals surface area (Å²) in [5.41, 5.74) is 1.30. The van der Waals surface area contributed by atoms with Crippen LogP contribution in [0.1, 0.15) is 37.2 Å². The number of methoxy groups -OCH3 is 1. The highest BCUT2D eigenvalue weighted by Gasteiger charge is 2.34. The van der Waals surface area contributed by atoms with Crippen LogP contribution in [0.15, 0.2) is 36.5 Å². The van der Waals surface area contributed by atoms with Gasteiger partial charge in [0.1, 0.15) is 0 Å². The third kappa shape index (κ3) is 2.96. The largest absolute Gasteiger partial charge is 0.493 e. The van der Waals surface area contributed by atoms with Crippen LogP contribution in [0.4, 0.5) is 0 Å². The maximum atomic E-state index is 13.0. The fraction of sp³-hybridized carbons (Fsp3) is 0.444. The van der Waals surface area contributed by atoms with Gasteiger partial charge in [-0.1, -0.05) is 32.0 Å². The van der Waals surface area contributed by atoms with Gasteiger partial charge in [0.2, 0.25) is 0 Å². The van der Waals surface area contributed by atoms with Crippen LogP contribution in [-0.2, 0) is 0 Å². The van der Waals surface area contributed by atoms with Crippen molar-refractivity contribution in [2.75, 3.05) is 13.7 Å². The van der Waals surface area contributed by atoms with Crippen molar-refractivity contribution in [3.05, 3.63) is 42.2 Å². The summed E-state index contributed by atoms with van der Waals surface area (Å²) in [4.78, 5) is 14.9. The third-order valence-corrected chi connectivity index (χ3v) is 4.45. The second kappa shape index (κ2) is 6.44. The number of aromatic nitrogens is 2. The molecule has 1 aliphatic rings. The van der Waals surface area contributed by atoms with Crippen LogP contribution in [0.2, 0.25) is 0 Å². The lowest BCUT2D eigenvalue weighted by Crippen LogP contribution is -2.38. The molecule has 0 saturated carbocycles. The van der Waals surface area contributed by atoms with Crippen molar-refractivity contribution in [2.45, 2.75) is 32.7 Å². The van der Waals surface area contributed by atoms with Crippen LogP contribution in [0.25, 0.3) is 5.69 Å². The Kier molecular flexibility index (Phi) is 4.37. The fourth-order valence-corrected chi connectivity index (χ4v) is 3.24. The summed E-state index contributed by atoms with van der Waals surface area (Å²) in [6, 6.07) is 10.0. The number of para-hydroxylation sites is 1. The van der Waals surface area contributed by atoms with Gasteiger partial charge in [0, 0.05) is 12.6 Å². The van der Waals surface area contributed by atoms with Gasteiger partial charge in [0.25, 0.3) is 5.91 Å². The van der Waals surface area contributed by atoms with Gasteiger partial charge in [-0.3, -0.25) is 4.79 Å². The average Bonchev–Trinajstić information content (AvgIpc) is 3.22. The minimum absolute atomic E-state index is 0.0345. The van der Waals surface area contributed by atoms with Crippen molar-refractivity contribution in [2.24, 2.45) is 5.92 Å². The highest BCUT2D eigenvalue weighted by molar-refractivity contribution is 5.95. The number of rotatable bonds is 4. The van der Waals surface area contributed by atoms with Gasteiger partial charge in [-0.05, 0) is 30.9 Å². The second-order valence-electron chi connectivity index (χ2n) is 6.28. The molecule has 1 saturated heterocycles. The lowest BCUT2D eigenvalue weighted by molar-refractivity contribution is 0.0691. The molecule has 23 heavy (non-hydrogen) atoms. The number of carbonyl (C=O) groups excluding carboxylic acids is 1. The lowest BCUT2D eigenvalue weighted by atomic mass is 10.0. The molecule has 2 heterocycles. The van der Waals surface area contributed by atoms with E-state index < -0.39 is 0 Å². The number of hydrogen-bond donors (Lipinski definition) is 0. The Morgan fingerprint density at radius 3 is 2.70 bits per heavy atom. The number of nitrogens with zero attached hydrogens (tertiary/aromatic N) is 3. The van der Waals surface area contributed by atoms with Crippen molar-refractivity contribution >= 4 is 5.91 Å². The standard InChI is InChI=1S/C18H23N3O2/c1-13(2)15-10-7-11-20(15)18(22)17-16(23-3)12-21(19-17)14-8-5-4-6-9-14/h4-6,8-9,12-13,15H,7,10-11H2,1-3H3. The molecule has 1 aliphatic heterocycles. The molecule has 3 rings (SSSR count). The van der Waals surface area contributed by atoms with Gasteiger partial charge in [0.05, 0.1) is 19.0 Å². The first-order valence-corrected chi connectivity index (χ1v) is 8.12. The maximum Gasteiger partial charge on any atom is 0.278 e. The number of likely N-dealkylation sites (tertiary alicyclic amines) is 1. The van der Waals surface area contributed by atoms with Crippen molar-refractivity contribution in [1.29, 1.82) is 0 Å². The molecule has 1 aromatic carbocycles. The molecule has 1 unspecified atom stereocenters. The SMILES string of the molecule is COc1cn(-c2ccccc2)nc1C(=O)N1CCCC1C(C)C. The van der Waals surface area contributed by atoms with Gasteiger partial charge in [-0.15, -0.1) is 0 Å². The van der Waals surface area contributed by atoms with Crippen molar-refractivity contribution < 1.29 is 9.53 Å². The summed E-state index contributed by atoms with van der Waals surface area (Å²) >= 11 is 0. The van der Waals surface area contributed by atoms with E-state index in [1.165, 1.54) is 0 Å². The minimum atomic E-state index is -0.0345. The molecule has 1 aromatic heterocycles. The molecule has 0 N–H and O–H groups in total. The van der Waals surface area contributed by atoms with Crippen LogP contribution in [0, 0.1) is 5.92 Å². The topological polar surface area (TPSA) is 47.4 Å². The van der Waals surface area contributed by atoms with Gasteiger partial charge < -0.3 is 9.64 Å². The molecule has 1 atom stereocenters. The van der Waals surface area contributed by atoms with E-state index in [2.05, 4.69) is 18.9 Å². The highest BCUT2D eigenvalue weighted by Crippen LogP contribution is 2.28. The Balaban J connectivity index is 1.93. The van der Waals surface area contributed by atoms with Crippen LogP contribution in [0.3, 0.4) is 0 Å². The van der Waals surface area contributed by atoms with E-state index in [-0.39, 0.29) is 11.9 Å². The number of benzene rings is 1. The molecule has 1 fully saturated rings. The van der Waals surface area contributed by atoms with Gasteiger partial charge in [0.15, 0.2) is 11.4 Å².